The summed E-state index contributed by atoms with van der Waals surface area (Å²) in [5.74, 6) is 0.448. The average Bonchev–Trinajstić information content (AvgIpc) is 2.89. The van der Waals surface area contributed by atoms with E-state index in [1.807, 2.05) is 4.90 Å². The zero-order valence-electron chi connectivity index (χ0n) is 11.3. The van der Waals surface area contributed by atoms with Gasteiger partial charge in [-0.05, 0) is 44.6 Å². The van der Waals surface area contributed by atoms with Crippen LogP contribution in [0.3, 0.4) is 0 Å². The molecule has 110 valence electrons. The van der Waals surface area contributed by atoms with Gasteiger partial charge in [0.25, 0.3) is 0 Å². The van der Waals surface area contributed by atoms with E-state index in [0.717, 1.165) is 51.7 Å². The second kappa shape index (κ2) is 7.70. The Labute approximate surface area is 120 Å². The Morgan fingerprint density at radius 2 is 2.05 bits per heavy atom. The highest BCUT2D eigenvalue weighted by Gasteiger charge is 2.30. The maximum absolute atomic E-state index is 12.3. The van der Waals surface area contributed by atoms with Crippen molar-refractivity contribution in [3.8, 4) is 0 Å². The fourth-order valence-electron chi connectivity index (χ4n) is 2.96. The van der Waals surface area contributed by atoms with Gasteiger partial charge in [0.15, 0.2) is 0 Å². The number of nitrogens with two attached hydrogens (primary N) is 1. The minimum atomic E-state index is -0.240. The number of nitrogens with zero attached hydrogens (tertiary/aromatic N) is 1. The summed E-state index contributed by atoms with van der Waals surface area (Å²) < 4.78 is 0. The van der Waals surface area contributed by atoms with Crippen molar-refractivity contribution in [3.05, 3.63) is 0 Å². The number of carbonyl (C=O) groups is 2. The van der Waals surface area contributed by atoms with Gasteiger partial charge in [-0.25, -0.2) is 0 Å². The maximum atomic E-state index is 12.3. The summed E-state index contributed by atoms with van der Waals surface area (Å²) in [4.78, 5) is 25.0. The molecule has 0 saturated carbocycles. The van der Waals surface area contributed by atoms with Crippen LogP contribution < -0.4 is 11.1 Å². The van der Waals surface area contributed by atoms with Crippen LogP contribution in [0.25, 0.3) is 0 Å². The molecule has 5 nitrogen and oxygen atoms in total. The molecule has 19 heavy (non-hydrogen) atoms. The summed E-state index contributed by atoms with van der Waals surface area (Å²) in [5.41, 5.74) is 5.17. The highest BCUT2D eigenvalue weighted by Crippen LogP contribution is 2.22. The number of likely N-dealkylation sites (tertiary alicyclic amines) is 1. The molecule has 2 aliphatic heterocycles. The highest BCUT2D eigenvalue weighted by molar-refractivity contribution is 5.85. The third-order valence-corrected chi connectivity index (χ3v) is 3.99. The van der Waals surface area contributed by atoms with E-state index in [2.05, 4.69) is 5.32 Å². The smallest absolute Gasteiger partial charge is 0.239 e. The van der Waals surface area contributed by atoms with Gasteiger partial charge < -0.3 is 16.0 Å². The van der Waals surface area contributed by atoms with Crippen molar-refractivity contribution in [3.63, 3.8) is 0 Å². The van der Waals surface area contributed by atoms with Gasteiger partial charge in [0.1, 0.15) is 0 Å². The molecular formula is C13H24ClN3O2. The van der Waals surface area contributed by atoms with Crippen molar-refractivity contribution in [1.82, 2.24) is 10.2 Å². The Bertz CT molecular complexity index is 319. The van der Waals surface area contributed by atoms with Crippen LogP contribution in [0.5, 0.6) is 0 Å². The van der Waals surface area contributed by atoms with Crippen molar-refractivity contribution >= 4 is 24.2 Å². The third-order valence-electron chi connectivity index (χ3n) is 3.99. The number of amides is 2. The van der Waals surface area contributed by atoms with Gasteiger partial charge in [-0.15, -0.1) is 12.4 Å². The number of nitrogens with one attached hydrogen (secondary N) is 1. The first-order valence-electron chi connectivity index (χ1n) is 6.97. The van der Waals surface area contributed by atoms with Crippen LogP contribution in [0, 0.1) is 5.92 Å². The molecule has 2 unspecified atom stereocenters. The van der Waals surface area contributed by atoms with Gasteiger partial charge >= 0.3 is 0 Å². The third kappa shape index (κ3) is 4.66. The summed E-state index contributed by atoms with van der Waals surface area (Å²) in [6, 6.07) is 0.0277. The Balaban J connectivity index is 0.00000180. The predicted molar refractivity (Wildman–Crippen MR) is 76.0 cm³/mol. The second-order valence-corrected chi connectivity index (χ2v) is 5.45. The normalized spacial score (nSPS) is 26.8. The molecule has 0 bridgehead atoms. The molecular weight excluding hydrogens is 266 g/mol. The first kappa shape index (κ1) is 16.2. The molecule has 0 aliphatic carbocycles. The summed E-state index contributed by atoms with van der Waals surface area (Å²) in [6.07, 6.45) is 5.46. The van der Waals surface area contributed by atoms with Gasteiger partial charge in [-0.2, -0.15) is 0 Å². The number of primary amides is 1. The minimum absolute atomic E-state index is 0. The zero-order valence-corrected chi connectivity index (χ0v) is 12.1. The van der Waals surface area contributed by atoms with Gasteiger partial charge in [0, 0.05) is 19.5 Å². The van der Waals surface area contributed by atoms with E-state index in [1.54, 1.807) is 0 Å². The number of rotatable bonds is 4. The molecule has 2 heterocycles. The molecule has 3 N–H and O–H groups in total. The monoisotopic (exact) mass is 289 g/mol. The average molecular weight is 290 g/mol. The molecule has 2 saturated heterocycles. The number of piperidine rings is 1. The Hall–Kier alpha value is -0.810. The van der Waals surface area contributed by atoms with Crippen molar-refractivity contribution in [2.45, 2.75) is 44.6 Å². The van der Waals surface area contributed by atoms with E-state index in [4.69, 9.17) is 5.73 Å². The van der Waals surface area contributed by atoms with Crippen molar-refractivity contribution in [2.24, 2.45) is 11.7 Å². The Morgan fingerprint density at radius 1 is 1.26 bits per heavy atom. The molecule has 0 aromatic heterocycles. The van der Waals surface area contributed by atoms with Gasteiger partial charge in [-0.3, -0.25) is 9.59 Å². The molecule has 0 radical (unpaired) electrons. The Morgan fingerprint density at radius 3 is 2.68 bits per heavy atom. The summed E-state index contributed by atoms with van der Waals surface area (Å²) in [7, 11) is 0. The standard InChI is InChI=1S/C13H23N3O2.ClH/c14-12(17)6-5-10-3-2-8-16(9-10)13(18)11-4-1-7-15-11;/h10-11,15H,1-9H2,(H2,14,17);1H. The van der Waals surface area contributed by atoms with Crippen LogP contribution in [0.2, 0.25) is 0 Å². The highest BCUT2D eigenvalue weighted by atomic mass is 35.5. The lowest BCUT2D eigenvalue weighted by atomic mass is 9.93. The van der Waals surface area contributed by atoms with E-state index in [-0.39, 0.29) is 30.3 Å². The summed E-state index contributed by atoms with van der Waals surface area (Å²) in [6.45, 7) is 2.61. The molecule has 2 atom stereocenters. The molecule has 0 spiro atoms. The molecule has 2 fully saturated rings. The summed E-state index contributed by atoms with van der Waals surface area (Å²) in [5, 5.41) is 3.25. The number of carbonyl (C=O) groups excluding carboxylic acids is 2. The first-order valence-corrected chi connectivity index (χ1v) is 6.97. The van der Waals surface area contributed by atoms with Gasteiger partial charge in [0.2, 0.25) is 11.8 Å². The van der Waals surface area contributed by atoms with Gasteiger partial charge in [0.05, 0.1) is 6.04 Å². The molecule has 2 amide bonds. The lowest BCUT2D eigenvalue weighted by Gasteiger charge is -2.34. The molecule has 6 heteroatoms. The quantitative estimate of drug-likeness (QED) is 0.798. The van der Waals surface area contributed by atoms with Crippen LogP contribution in [0.15, 0.2) is 0 Å². The predicted octanol–water partition coefficient (Wildman–Crippen LogP) is 0.664. The van der Waals surface area contributed by atoms with E-state index in [1.165, 1.54) is 0 Å². The fraction of sp³-hybridized carbons (Fsp3) is 0.846. The van der Waals surface area contributed by atoms with Crippen molar-refractivity contribution < 1.29 is 9.59 Å². The van der Waals surface area contributed by atoms with Crippen molar-refractivity contribution in [2.75, 3.05) is 19.6 Å². The number of hydrogen-bond acceptors (Lipinski definition) is 3. The lowest BCUT2D eigenvalue weighted by molar-refractivity contribution is -0.134. The van der Waals surface area contributed by atoms with Crippen LogP contribution >= 0.6 is 12.4 Å². The molecule has 2 rings (SSSR count). The lowest BCUT2D eigenvalue weighted by Crippen LogP contribution is -2.47. The topological polar surface area (TPSA) is 75.4 Å². The largest absolute Gasteiger partial charge is 0.370 e. The molecule has 0 aromatic carbocycles. The minimum Gasteiger partial charge on any atom is -0.370 e. The zero-order chi connectivity index (χ0) is 13.0. The van der Waals surface area contributed by atoms with E-state index in [0.29, 0.717) is 12.3 Å². The van der Waals surface area contributed by atoms with Crippen LogP contribution in [-0.4, -0.2) is 42.4 Å². The summed E-state index contributed by atoms with van der Waals surface area (Å²) >= 11 is 0. The molecule has 2 aliphatic rings. The van der Waals surface area contributed by atoms with Crippen LogP contribution in [-0.2, 0) is 9.59 Å². The van der Waals surface area contributed by atoms with Crippen molar-refractivity contribution in [1.29, 1.82) is 0 Å². The van der Waals surface area contributed by atoms with E-state index in [9.17, 15) is 9.59 Å². The van der Waals surface area contributed by atoms with Gasteiger partial charge in [-0.1, -0.05) is 0 Å². The number of halogens is 1. The van der Waals surface area contributed by atoms with E-state index >= 15 is 0 Å². The fourth-order valence-corrected chi connectivity index (χ4v) is 2.96. The first-order chi connectivity index (χ1) is 8.66. The SMILES string of the molecule is Cl.NC(=O)CCC1CCCN(C(=O)C2CCCN2)C1. The second-order valence-electron chi connectivity index (χ2n) is 5.45. The van der Waals surface area contributed by atoms with Crippen LogP contribution in [0.4, 0.5) is 0 Å². The molecule has 0 aromatic rings. The maximum Gasteiger partial charge on any atom is 0.239 e. The van der Waals surface area contributed by atoms with E-state index < -0.39 is 0 Å². The Kier molecular flexibility index (Phi) is 6.58. The van der Waals surface area contributed by atoms with Crippen LogP contribution in [0.1, 0.15) is 38.5 Å². The number of hydrogen-bond donors (Lipinski definition) is 2.